The van der Waals surface area contributed by atoms with Crippen molar-refractivity contribution in [2.45, 2.75) is 26.3 Å². The number of nitrogens with zero attached hydrogens (tertiary/aromatic N) is 2. The topological polar surface area (TPSA) is 93.2 Å². The smallest absolute Gasteiger partial charge is 0.340 e. The molecule has 2 atom stereocenters. The van der Waals surface area contributed by atoms with Gasteiger partial charge in [-0.15, -0.1) is 0 Å². The summed E-state index contributed by atoms with van der Waals surface area (Å²) < 4.78 is 11.0. The average molecular weight is 396 g/mol. The molecule has 0 bridgehead atoms. The van der Waals surface area contributed by atoms with Crippen molar-refractivity contribution in [3.05, 3.63) is 71.8 Å². The average Bonchev–Trinajstić information content (AvgIpc) is 3.07. The van der Waals surface area contributed by atoms with Gasteiger partial charge in [0.2, 0.25) is 24.3 Å². The van der Waals surface area contributed by atoms with E-state index < -0.39 is 36.2 Å². The van der Waals surface area contributed by atoms with Crippen LogP contribution in [-0.4, -0.2) is 52.7 Å². The number of carbonyl (C=O) groups excluding carboxylic acids is 4. The zero-order valence-electron chi connectivity index (χ0n) is 16.0. The summed E-state index contributed by atoms with van der Waals surface area (Å²) in [6, 6.07) is 16.4. The van der Waals surface area contributed by atoms with Crippen LogP contribution in [0, 0.1) is 0 Å². The van der Waals surface area contributed by atoms with Gasteiger partial charge in [-0.25, -0.2) is 9.59 Å². The molecule has 0 unspecified atom stereocenters. The maximum atomic E-state index is 12.5. The second-order valence-corrected chi connectivity index (χ2v) is 6.44. The van der Waals surface area contributed by atoms with Crippen molar-refractivity contribution in [1.82, 2.24) is 9.80 Å². The van der Waals surface area contributed by atoms with Crippen LogP contribution in [0.1, 0.15) is 34.6 Å². The third kappa shape index (κ3) is 4.43. The van der Waals surface area contributed by atoms with Gasteiger partial charge in [-0.1, -0.05) is 36.4 Å². The molecule has 0 N–H and O–H groups in total. The monoisotopic (exact) mass is 396 g/mol. The van der Waals surface area contributed by atoms with E-state index in [9.17, 15) is 19.2 Å². The van der Waals surface area contributed by atoms with E-state index in [2.05, 4.69) is 0 Å². The summed E-state index contributed by atoms with van der Waals surface area (Å²) in [5.41, 5.74) is 0.538. The van der Waals surface area contributed by atoms with Crippen LogP contribution in [0.5, 0.6) is 0 Å². The number of carbonyl (C=O) groups is 4. The van der Waals surface area contributed by atoms with Crippen molar-refractivity contribution in [2.75, 3.05) is 6.67 Å². The first-order chi connectivity index (χ1) is 13.9. The molecular formula is C21H20N2O6. The van der Waals surface area contributed by atoms with Crippen molar-refractivity contribution < 1.29 is 28.7 Å². The summed E-state index contributed by atoms with van der Waals surface area (Å²) in [6.07, 6.45) is -2.53. The fourth-order valence-corrected chi connectivity index (χ4v) is 2.94. The molecule has 1 fully saturated rings. The third-order valence-electron chi connectivity index (χ3n) is 4.45. The molecule has 0 aromatic heterocycles. The second kappa shape index (κ2) is 8.55. The number of amides is 2. The molecule has 1 saturated heterocycles. The van der Waals surface area contributed by atoms with Gasteiger partial charge >= 0.3 is 11.9 Å². The molecule has 0 aliphatic carbocycles. The molecule has 2 amide bonds. The number of benzene rings is 2. The normalized spacial score (nSPS) is 18.3. The van der Waals surface area contributed by atoms with E-state index in [4.69, 9.17) is 9.47 Å². The van der Waals surface area contributed by atoms with Crippen LogP contribution in [0.15, 0.2) is 60.7 Å². The van der Waals surface area contributed by atoms with Gasteiger partial charge in [-0.05, 0) is 24.3 Å². The Kier molecular flexibility index (Phi) is 5.92. The highest BCUT2D eigenvalue weighted by molar-refractivity contribution is 5.91. The van der Waals surface area contributed by atoms with E-state index in [1.165, 1.54) is 23.6 Å². The lowest BCUT2D eigenvalue weighted by molar-refractivity contribution is -0.145. The van der Waals surface area contributed by atoms with Gasteiger partial charge in [0, 0.05) is 13.8 Å². The molecule has 0 spiro atoms. The summed E-state index contributed by atoms with van der Waals surface area (Å²) in [5, 5.41) is 0. The molecule has 1 aliphatic heterocycles. The van der Waals surface area contributed by atoms with E-state index in [1.807, 2.05) is 0 Å². The highest BCUT2D eigenvalue weighted by Gasteiger charge is 2.48. The van der Waals surface area contributed by atoms with E-state index in [0.29, 0.717) is 0 Å². The zero-order chi connectivity index (χ0) is 21.0. The highest BCUT2D eigenvalue weighted by Crippen LogP contribution is 2.25. The minimum Gasteiger partial charge on any atom is -0.432 e. The number of ether oxygens (including phenoxy) is 2. The molecule has 29 heavy (non-hydrogen) atoms. The van der Waals surface area contributed by atoms with Gasteiger partial charge in [-0.3, -0.25) is 19.4 Å². The van der Waals surface area contributed by atoms with E-state index in [-0.39, 0.29) is 17.8 Å². The SMILES string of the molecule is CC(=O)N1CN(C(C)=O)[C@@H](OC(=O)c2ccccc2)[C@@H]1OC(=O)c1ccccc1. The minimum atomic E-state index is -1.27. The lowest BCUT2D eigenvalue weighted by atomic mass is 10.2. The second-order valence-electron chi connectivity index (χ2n) is 6.44. The number of rotatable bonds is 4. The molecule has 8 heteroatoms. The molecule has 1 aliphatic rings. The predicted molar refractivity (Wildman–Crippen MR) is 101 cm³/mol. The van der Waals surface area contributed by atoms with Gasteiger partial charge in [0.25, 0.3) is 0 Å². The summed E-state index contributed by atoms with van der Waals surface area (Å²) >= 11 is 0. The molecule has 0 radical (unpaired) electrons. The van der Waals surface area contributed by atoms with E-state index >= 15 is 0 Å². The molecule has 2 aromatic rings. The maximum absolute atomic E-state index is 12.5. The molecule has 150 valence electrons. The third-order valence-corrected chi connectivity index (χ3v) is 4.45. The van der Waals surface area contributed by atoms with Crippen LogP contribution in [0.4, 0.5) is 0 Å². The molecule has 3 rings (SSSR count). The molecular weight excluding hydrogens is 376 g/mol. The lowest BCUT2D eigenvalue weighted by Crippen LogP contribution is -2.45. The van der Waals surface area contributed by atoms with Gasteiger partial charge in [0.05, 0.1) is 11.1 Å². The summed E-state index contributed by atoms with van der Waals surface area (Å²) in [4.78, 5) is 51.6. The Bertz CT molecular complexity index is 840. The Morgan fingerprint density at radius 3 is 1.34 bits per heavy atom. The largest absolute Gasteiger partial charge is 0.432 e. The first-order valence-electron chi connectivity index (χ1n) is 8.95. The first kappa shape index (κ1) is 20.1. The fourth-order valence-electron chi connectivity index (χ4n) is 2.94. The molecule has 1 heterocycles. The lowest BCUT2D eigenvalue weighted by Gasteiger charge is -2.26. The first-order valence-corrected chi connectivity index (χ1v) is 8.95. The molecule has 2 aromatic carbocycles. The van der Waals surface area contributed by atoms with Crippen molar-refractivity contribution in [2.24, 2.45) is 0 Å². The van der Waals surface area contributed by atoms with Gasteiger partial charge < -0.3 is 9.47 Å². The Labute approximate surface area is 167 Å². The van der Waals surface area contributed by atoms with Crippen molar-refractivity contribution in [3.63, 3.8) is 0 Å². The standard InChI is InChI=1S/C21H20N2O6/c1-14(24)22-13-23(15(2)25)19(29-21(27)17-11-7-4-8-12-17)18(22)28-20(26)16-9-5-3-6-10-16/h3-12,18-19H,13H2,1-2H3/t18-,19-/m0/s1. The van der Waals surface area contributed by atoms with E-state index in [0.717, 1.165) is 0 Å². The number of esters is 2. The number of hydrogen-bond donors (Lipinski definition) is 0. The Hall–Kier alpha value is -3.68. The maximum Gasteiger partial charge on any atom is 0.340 e. The van der Waals surface area contributed by atoms with Crippen molar-refractivity contribution in [3.8, 4) is 0 Å². The van der Waals surface area contributed by atoms with Crippen LogP contribution in [0.2, 0.25) is 0 Å². The van der Waals surface area contributed by atoms with Crippen LogP contribution < -0.4 is 0 Å². The zero-order valence-corrected chi connectivity index (χ0v) is 16.0. The predicted octanol–water partition coefficient (Wildman–Crippen LogP) is 2.02. The Balaban J connectivity index is 1.89. The van der Waals surface area contributed by atoms with Crippen LogP contribution in [-0.2, 0) is 19.1 Å². The fraction of sp³-hybridized carbons (Fsp3) is 0.238. The van der Waals surface area contributed by atoms with Crippen molar-refractivity contribution in [1.29, 1.82) is 0 Å². The van der Waals surface area contributed by atoms with Gasteiger partial charge in [0.1, 0.15) is 6.67 Å². The highest BCUT2D eigenvalue weighted by atomic mass is 16.6. The minimum absolute atomic E-state index is 0.163. The molecule has 0 saturated carbocycles. The van der Waals surface area contributed by atoms with Gasteiger partial charge in [-0.2, -0.15) is 0 Å². The quantitative estimate of drug-likeness (QED) is 0.734. The van der Waals surface area contributed by atoms with Gasteiger partial charge in [0.15, 0.2) is 0 Å². The molecule has 8 nitrogen and oxygen atoms in total. The number of hydrogen-bond acceptors (Lipinski definition) is 6. The van der Waals surface area contributed by atoms with Crippen LogP contribution in [0.3, 0.4) is 0 Å². The Morgan fingerprint density at radius 2 is 1.03 bits per heavy atom. The van der Waals surface area contributed by atoms with E-state index in [1.54, 1.807) is 60.7 Å². The summed E-state index contributed by atoms with van der Waals surface area (Å²) in [5.74, 6) is -2.26. The van der Waals surface area contributed by atoms with Crippen LogP contribution in [0.25, 0.3) is 0 Å². The van der Waals surface area contributed by atoms with Crippen LogP contribution >= 0.6 is 0 Å². The van der Waals surface area contributed by atoms with Crippen molar-refractivity contribution >= 4 is 23.8 Å². The summed E-state index contributed by atoms with van der Waals surface area (Å²) in [6.45, 7) is 2.40. The summed E-state index contributed by atoms with van der Waals surface area (Å²) in [7, 11) is 0. The Morgan fingerprint density at radius 1 is 0.690 bits per heavy atom.